The second-order valence-electron chi connectivity index (χ2n) is 4.37. The minimum Gasteiger partial charge on any atom is -0.376 e. The third-order valence-corrected chi connectivity index (χ3v) is 4.08. The maximum atomic E-state index is 12.3. The summed E-state index contributed by atoms with van der Waals surface area (Å²) in [5.74, 6) is 0. The number of aromatic nitrogens is 2. The normalized spacial score (nSPS) is 20.4. The molecule has 2 aromatic heterocycles. The highest BCUT2D eigenvalue weighted by Gasteiger charge is 2.17. The molecule has 1 saturated heterocycles. The van der Waals surface area contributed by atoms with Gasteiger partial charge < -0.3 is 9.47 Å². The van der Waals surface area contributed by atoms with Crippen molar-refractivity contribution in [2.24, 2.45) is 0 Å². The largest absolute Gasteiger partial charge is 0.376 e. The Balaban J connectivity index is 1.92. The van der Waals surface area contributed by atoms with Crippen LogP contribution in [-0.2, 0) is 16.0 Å². The minimum atomic E-state index is -0.0586. The summed E-state index contributed by atoms with van der Waals surface area (Å²) in [6, 6.07) is 0. The Labute approximate surface area is 108 Å². The van der Waals surface area contributed by atoms with Crippen LogP contribution in [-0.4, -0.2) is 35.5 Å². The van der Waals surface area contributed by atoms with E-state index in [1.807, 2.05) is 12.3 Å². The molecule has 1 aliphatic heterocycles. The quantitative estimate of drug-likeness (QED) is 0.819. The van der Waals surface area contributed by atoms with Crippen molar-refractivity contribution in [1.82, 2.24) is 9.55 Å². The van der Waals surface area contributed by atoms with Crippen molar-refractivity contribution in [3.63, 3.8) is 0 Å². The molecule has 0 saturated carbocycles. The number of rotatable bonds is 2. The van der Waals surface area contributed by atoms with E-state index in [0.29, 0.717) is 31.1 Å². The Kier molecular flexibility index (Phi) is 3.15. The van der Waals surface area contributed by atoms with E-state index in [2.05, 4.69) is 4.98 Å². The first-order valence-corrected chi connectivity index (χ1v) is 6.76. The smallest absolute Gasteiger partial charge is 0.271 e. The lowest BCUT2D eigenvalue weighted by Gasteiger charge is -2.23. The molecule has 0 aliphatic carbocycles. The molecule has 1 fully saturated rings. The van der Waals surface area contributed by atoms with Gasteiger partial charge in [-0.15, -0.1) is 11.3 Å². The average molecular weight is 266 g/mol. The molecule has 0 aromatic carbocycles. The number of hydrogen-bond acceptors (Lipinski definition) is 5. The van der Waals surface area contributed by atoms with E-state index in [4.69, 9.17) is 9.47 Å². The van der Waals surface area contributed by atoms with Crippen molar-refractivity contribution >= 4 is 21.6 Å². The van der Waals surface area contributed by atoms with Crippen LogP contribution in [0.1, 0.15) is 5.56 Å². The van der Waals surface area contributed by atoms with E-state index in [1.165, 1.54) is 11.3 Å². The fourth-order valence-electron chi connectivity index (χ4n) is 2.05. The van der Waals surface area contributed by atoms with Gasteiger partial charge in [-0.05, 0) is 17.9 Å². The molecule has 2 aromatic rings. The van der Waals surface area contributed by atoms with Crippen LogP contribution < -0.4 is 5.56 Å². The van der Waals surface area contributed by atoms with E-state index in [-0.39, 0.29) is 11.7 Å². The van der Waals surface area contributed by atoms with Gasteiger partial charge in [0.05, 0.1) is 44.3 Å². The van der Waals surface area contributed by atoms with Gasteiger partial charge in [0.25, 0.3) is 5.56 Å². The highest BCUT2D eigenvalue weighted by Crippen LogP contribution is 2.19. The zero-order valence-corrected chi connectivity index (χ0v) is 10.9. The maximum Gasteiger partial charge on any atom is 0.271 e. The maximum absolute atomic E-state index is 12.3. The number of thiophene rings is 1. The van der Waals surface area contributed by atoms with Crippen LogP contribution in [0.5, 0.6) is 0 Å². The van der Waals surface area contributed by atoms with Gasteiger partial charge in [0, 0.05) is 0 Å². The van der Waals surface area contributed by atoms with Crippen molar-refractivity contribution < 1.29 is 9.47 Å². The first kappa shape index (κ1) is 11.8. The van der Waals surface area contributed by atoms with Crippen molar-refractivity contribution in [3.05, 3.63) is 27.6 Å². The van der Waals surface area contributed by atoms with Crippen LogP contribution in [0.2, 0.25) is 0 Å². The van der Waals surface area contributed by atoms with Gasteiger partial charge in [-0.1, -0.05) is 0 Å². The highest BCUT2D eigenvalue weighted by atomic mass is 32.1. The molecule has 0 spiro atoms. The topological polar surface area (TPSA) is 53.4 Å². The van der Waals surface area contributed by atoms with Gasteiger partial charge >= 0.3 is 0 Å². The van der Waals surface area contributed by atoms with E-state index in [1.54, 1.807) is 10.9 Å². The monoisotopic (exact) mass is 266 g/mol. The zero-order valence-electron chi connectivity index (χ0n) is 10.1. The summed E-state index contributed by atoms with van der Waals surface area (Å²) in [5.41, 5.74) is 1.87. The van der Waals surface area contributed by atoms with Crippen molar-refractivity contribution in [2.45, 2.75) is 19.6 Å². The lowest BCUT2D eigenvalue weighted by atomic mass is 10.3. The van der Waals surface area contributed by atoms with Crippen LogP contribution in [0.4, 0.5) is 0 Å². The van der Waals surface area contributed by atoms with Gasteiger partial charge in [-0.25, -0.2) is 4.98 Å². The Morgan fingerprint density at radius 2 is 2.44 bits per heavy atom. The molecular formula is C12H14N2O3S. The van der Waals surface area contributed by atoms with Crippen molar-refractivity contribution in [3.8, 4) is 0 Å². The molecule has 0 N–H and O–H groups in total. The molecule has 5 nitrogen and oxygen atoms in total. The SMILES string of the molecule is Cc1csc2c(=O)n(CC3COCCO3)cnc12. The Bertz CT molecular complexity index is 613. The lowest BCUT2D eigenvalue weighted by molar-refractivity contribution is -0.0939. The molecular weight excluding hydrogens is 252 g/mol. The second-order valence-corrected chi connectivity index (χ2v) is 5.25. The number of aryl methyl sites for hydroxylation is 1. The summed E-state index contributed by atoms with van der Waals surface area (Å²) in [7, 11) is 0. The highest BCUT2D eigenvalue weighted by molar-refractivity contribution is 7.17. The average Bonchev–Trinajstić information content (AvgIpc) is 2.77. The Hall–Kier alpha value is -1.24. The molecule has 3 heterocycles. The van der Waals surface area contributed by atoms with Gasteiger partial charge in [-0.3, -0.25) is 9.36 Å². The standard InChI is InChI=1S/C12H14N2O3S/c1-8-6-18-11-10(8)13-7-14(12(11)15)4-9-5-16-2-3-17-9/h6-7,9H,2-5H2,1H3. The zero-order chi connectivity index (χ0) is 12.5. The van der Waals surface area contributed by atoms with Crippen LogP contribution in [0.3, 0.4) is 0 Å². The fraction of sp³-hybridized carbons (Fsp3) is 0.500. The summed E-state index contributed by atoms with van der Waals surface area (Å²) in [6.45, 7) is 4.22. The number of fused-ring (bicyclic) bond motifs is 1. The summed E-state index contributed by atoms with van der Waals surface area (Å²) in [6.07, 6.45) is 1.54. The molecule has 1 unspecified atom stereocenters. The minimum absolute atomic E-state index is 0.00673. The summed E-state index contributed by atoms with van der Waals surface area (Å²) in [4.78, 5) is 16.6. The lowest BCUT2D eigenvalue weighted by Crippen LogP contribution is -2.35. The molecule has 96 valence electrons. The summed E-state index contributed by atoms with van der Waals surface area (Å²) >= 11 is 1.45. The summed E-state index contributed by atoms with van der Waals surface area (Å²) < 4.78 is 13.2. The first-order valence-electron chi connectivity index (χ1n) is 5.88. The predicted molar refractivity (Wildman–Crippen MR) is 69.2 cm³/mol. The van der Waals surface area contributed by atoms with E-state index in [0.717, 1.165) is 11.1 Å². The number of nitrogens with zero attached hydrogens (tertiary/aromatic N) is 2. The van der Waals surface area contributed by atoms with Gasteiger partial charge in [0.1, 0.15) is 4.70 Å². The molecule has 0 radical (unpaired) electrons. The first-order chi connectivity index (χ1) is 8.75. The van der Waals surface area contributed by atoms with Gasteiger partial charge in [-0.2, -0.15) is 0 Å². The van der Waals surface area contributed by atoms with E-state index < -0.39 is 0 Å². The number of hydrogen-bond donors (Lipinski definition) is 0. The Morgan fingerprint density at radius 1 is 1.56 bits per heavy atom. The van der Waals surface area contributed by atoms with Crippen LogP contribution >= 0.6 is 11.3 Å². The van der Waals surface area contributed by atoms with Gasteiger partial charge in [0.2, 0.25) is 0 Å². The van der Waals surface area contributed by atoms with Gasteiger partial charge in [0.15, 0.2) is 0 Å². The van der Waals surface area contributed by atoms with Crippen molar-refractivity contribution in [2.75, 3.05) is 19.8 Å². The molecule has 3 rings (SSSR count). The molecule has 0 bridgehead atoms. The van der Waals surface area contributed by atoms with Crippen LogP contribution in [0.25, 0.3) is 10.2 Å². The van der Waals surface area contributed by atoms with Crippen LogP contribution in [0, 0.1) is 6.92 Å². The van der Waals surface area contributed by atoms with E-state index >= 15 is 0 Å². The number of ether oxygens (including phenoxy) is 2. The second kappa shape index (κ2) is 4.79. The Morgan fingerprint density at radius 3 is 3.22 bits per heavy atom. The molecule has 1 aliphatic rings. The molecule has 6 heteroatoms. The third-order valence-electron chi connectivity index (χ3n) is 3.01. The van der Waals surface area contributed by atoms with E-state index in [9.17, 15) is 4.79 Å². The molecule has 1 atom stereocenters. The van der Waals surface area contributed by atoms with Crippen LogP contribution in [0.15, 0.2) is 16.5 Å². The molecule has 0 amide bonds. The predicted octanol–water partition coefficient (Wildman–Crippen LogP) is 1.18. The molecule has 18 heavy (non-hydrogen) atoms. The fourth-order valence-corrected chi connectivity index (χ4v) is 3.00. The summed E-state index contributed by atoms with van der Waals surface area (Å²) in [5, 5.41) is 1.96. The third kappa shape index (κ3) is 2.07. The van der Waals surface area contributed by atoms with Crippen molar-refractivity contribution in [1.29, 1.82) is 0 Å².